The van der Waals surface area contributed by atoms with Crippen molar-refractivity contribution in [1.82, 2.24) is 9.62 Å². The Morgan fingerprint density at radius 1 is 1.20 bits per heavy atom. The summed E-state index contributed by atoms with van der Waals surface area (Å²) in [6.07, 6.45) is 3.13. The number of hydrogen-bond donors (Lipinski definition) is 2. The molecule has 1 saturated heterocycles. The molecule has 1 aliphatic heterocycles. The third-order valence-corrected chi connectivity index (χ3v) is 6.63. The molecule has 1 aliphatic rings. The molecule has 0 atom stereocenters. The molecule has 30 heavy (non-hydrogen) atoms. The molecule has 0 spiro atoms. The minimum absolute atomic E-state index is 0.0497. The second-order valence-electron chi connectivity index (χ2n) is 6.33. The van der Waals surface area contributed by atoms with Crippen molar-refractivity contribution >= 4 is 39.4 Å². The molecule has 2 aromatic carbocycles. The maximum Gasteiger partial charge on any atom is 0.323 e. The Bertz CT molecular complexity index is 1040. The second kappa shape index (κ2) is 9.94. The number of benzene rings is 2. The summed E-state index contributed by atoms with van der Waals surface area (Å²) in [4.78, 5) is 12.3. The first-order valence-corrected chi connectivity index (χ1v) is 11.0. The second-order valence-corrected chi connectivity index (χ2v) is 8.68. The Morgan fingerprint density at radius 2 is 1.93 bits per heavy atom. The van der Waals surface area contributed by atoms with Crippen LogP contribution in [-0.4, -0.2) is 52.2 Å². The number of hydrogen-bond acceptors (Lipinski definition) is 5. The molecular formula is C20H22ClN3O5S. The number of amides is 2. The number of urea groups is 1. The van der Waals surface area contributed by atoms with E-state index in [1.54, 1.807) is 19.3 Å². The molecule has 0 radical (unpaired) electrons. The number of carbonyl (C=O) groups is 1. The summed E-state index contributed by atoms with van der Waals surface area (Å²) < 4.78 is 37.4. The molecule has 160 valence electrons. The number of carbonyl (C=O) groups excluding carboxylic acids is 1. The Morgan fingerprint density at radius 3 is 2.67 bits per heavy atom. The Balaban J connectivity index is 1.69. The molecule has 2 amide bonds. The van der Waals surface area contributed by atoms with Gasteiger partial charge in [-0.2, -0.15) is 4.31 Å². The van der Waals surface area contributed by atoms with Gasteiger partial charge < -0.3 is 20.1 Å². The molecule has 3 rings (SSSR count). The average molecular weight is 452 g/mol. The molecule has 0 bridgehead atoms. The van der Waals surface area contributed by atoms with E-state index in [0.717, 1.165) is 5.56 Å². The number of methoxy groups -OCH3 is 1. The Labute approximate surface area is 180 Å². The van der Waals surface area contributed by atoms with Gasteiger partial charge in [-0.3, -0.25) is 0 Å². The van der Waals surface area contributed by atoms with Crippen LogP contribution < -0.4 is 15.4 Å². The monoisotopic (exact) mass is 451 g/mol. The van der Waals surface area contributed by atoms with Gasteiger partial charge in [0.05, 0.1) is 35.9 Å². The fourth-order valence-corrected chi connectivity index (χ4v) is 4.47. The van der Waals surface area contributed by atoms with E-state index in [4.69, 9.17) is 21.1 Å². The average Bonchev–Trinajstić information content (AvgIpc) is 2.76. The van der Waals surface area contributed by atoms with Crippen LogP contribution in [0.1, 0.15) is 5.56 Å². The van der Waals surface area contributed by atoms with E-state index in [1.165, 1.54) is 28.7 Å². The lowest BCUT2D eigenvalue weighted by Gasteiger charge is -2.26. The summed E-state index contributed by atoms with van der Waals surface area (Å²) in [7, 11) is -2.14. The lowest BCUT2D eigenvalue weighted by atomic mass is 10.2. The standard InChI is InChI=1S/C20H22ClN3O5S/c1-28-19-5-3-2-4-15(19)8-9-22-20(25)23-18-14-16(6-7-17(18)21)30(26,27)24-10-12-29-13-11-24/h2-9,14H,10-13H2,1H3,(H2,22,23,25)/b9-8+. The van der Waals surface area contributed by atoms with Gasteiger partial charge >= 0.3 is 6.03 Å². The number of para-hydroxylation sites is 1. The van der Waals surface area contributed by atoms with Crippen molar-refractivity contribution in [3.05, 3.63) is 59.3 Å². The number of rotatable bonds is 6. The van der Waals surface area contributed by atoms with Gasteiger partial charge in [0.15, 0.2) is 0 Å². The predicted octanol–water partition coefficient (Wildman–Crippen LogP) is 3.16. The fourth-order valence-electron chi connectivity index (χ4n) is 2.87. The molecule has 0 unspecified atom stereocenters. The van der Waals surface area contributed by atoms with Gasteiger partial charge in [0.25, 0.3) is 0 Å². The quantitative estimate of drug-likeness (QED) is 0.703. The van der Waals surface area contributed by atoms with Gasteiger partial charge in [-0.25, -0.2) is 13.2 Å². The van der Waals surface area contributed by atoms with Gasteiger partial charge in [0, 0.05) is 24.9 Å². The summed E-state index contributed by atoms with van der Waals surface area (Å²) in [6.45, 7) is 1.25. The van der Waals surface area contributed by atoms with Crippen molar-refractivity contribution in [2.45, 2.75) is 4.90 Å². The summed E-state index contributed by atoms with van der Waals surface area (Å²) in [5.41, 5.74) is 0.978. The first-order chi connectivity index (χ1) is 14.4. The van der Waals surface area contributed by atoms with E-state index < -0.39 is 16.1 Å². The van der Waals surface area contributed by atoms with Crippen LogP contribution in [0.4, 0.5) is 10.5 Å². The Hall–Kier alpha value is -2.59. The first kappa shape index (κ1) is 22.1. The molecule has 10 heteroatoms. The van der Waals surface area contributed by atoms with Gasteiger partial charge in [-0.05, 0) is 30.3 Å². The molecule has 0 aromatic heterocycles. The maximum absolute atomic E-state index is 12.8. The molecule has 8 nitrogen and oxygen atoms in total. The van der Waals surface area contributed by atoms with E-state index in [-0.39, 0.29) is 28.7 Å². The maximum atomic E-state index is 12.8. The summed E-state index contributed by atoms with van der Waals surface area (Å²) in [5.74, 6) is 0.667. The number of sulfonamides is 1. The van der Waals surface area contributed by atoms with E-state index in [2.05, 4.69) is 10.6 Å². The van der Waals surface area contributed by atoms with Crippen LogP contribution in [0.25, 0.3) is 6.08 Å². The van der Waals surface area contributed by atoms with E-state index in [1.807, 2.05) is 18.2 Å². The fraction of sp³-hybridized carbons (Fsp3) is 0.250. The largest absolute Gasteiger partial charge is 0.496 e. The van der Waals surface area contributed by atoms with Gasteiger partial charge in [-0.15, -0.1) is 0 Å². The van der Waals surface area contributed by atoms with Gasteiger partial charge in [0.1, 0.15) is 5.75 Å². The van der Waals surface area contributed by atoms with Crippen LogP contribution in [0.2, 0.25) is 5.02 Å². The zero-order valence-corrected chi connectivity index (χ0v) is 17.9. The molecule has 1 fully saturated rings. The third-order valence-electron chi connectivity index (χ3n) is 4.41. The predicted molar refractivity (Wildman–Crippen MR) is 115 cm³/mol. The van der Waals surface area contributed by atoms with E-state index >= 15 is 0 Å². The SMILES string of the molecule is COc1ccccc1/C=C/NC(=O)Nc1cc(S(=O)(=O)N2CCOCC2)ccc1Cl. The number of halogens is 1. The summed E-state index contributed by atoms with van der Waals surface area (Å²) in [5, 5.41) is 5.35. The highest BCUT2D eigenvalue weighted by Gasteiger charge is 2.27. The van der Waals surface area contributed by atoms with Crippen molar-refractivity contribution in [2.75, 3.05) is 38.7 Å². The molecule has 0 saturated carbocycles. The van der Waals surface area contributed by atoms with Crippen molar-refractivity contribution in [1.29, 1.82) is 0 Å². The van der Waals surface area contributed by atoms with Crippen LogP contribution in [0, 0.1) is 0 Å². The number of nitrogens with zero attached hydrogens (tertiary/aromatic N) is 1. The van der Waals surface area contributed by atoms with E-state index in [9.17, 15) is 13.2 Å². The van der Waals surface area contributed by atoms with Crippen LogP contribution in [0.5, 0.6) is 5.75 Å². The number of anilines is 1. The minimum atomic E-state index is -3.70. The summed E-state index contributed by atoms with van der Waals surface area (Å²) in [6, 6.07) is 11.0. The topological polar surface area (TPSA) is 97.0 Å². The molecule has 2 N–H and O–H groups in total. The lowest BCUT2D eigenvalue weighted by molar-refractivity contribution is 0.0730. The van der Waals surface area contributed by atoms with Crippen LogP contribution in [-0.2, 0) is 14.8 Å². The zero-order valence-electron chi connectivity index (χ0n) is 16.3. The van der Waals surface area contributed by atoms with Crippen molar-refractivity contribution in [2.24, 2.45) is 0 Å². The van der Waals surface area contributed by atoms with Crippen LogP contribution >= 0.6 is 11.6 Å². The Kier molecular flexibility index (Phi) is 7.33. The number of nitrogens with one attached hydrogen (secondary N) is 2. The summed E-state index contributed by atoms with van der Waals surface area (Å²) >= 11 is 6.14. The minimum Gasteiger partial charge on any atom is -0.496 e. The smallest absolute Gasteiger partial charge is 0.323 e. The van der Waals surface area contributed by atoms with Crippen molar-refractivity contribution in [3.8, 4) is 5.75 Å². The molecule has 0 aliphatic carbocycles. The number of morpholine rings is 1. The highest BCUT2D eigenvalue weighted by atomic mass is 35.5. The molecular weight excluding hydrogens is 430 g/mol. The van der Waals surface area contributed by atoms with Crippen LogP contribution in [0.15, 0.2) is 53.6 Å². The van der Waals surface area contributed by atoms with Gasteiger partial charge in [0.2, 0.25) is 10.0 Å². The lowest BCUT2D eigenvalue weighted by Crippen LogP contribution is -2.40. The van der Waals surface area contributed by atoms with Crippen molar-refractivity contribution in [3.63, 3.8) is 0 Å². The zero-order chi connectivity index (χ0) is 21.6. The first-order valence-electron chi connectivity index (χ1n) is 9.16. The van der Waals surface area contributed by atoms with Crippen LogP contribution in [0.3, 0.4) is 0 Å². The normalized spacial score (nSPS) is 15.1. The third kappa shape index (κ3) is 5.31. The van der Waals surface area contributed by atoms with E-state index in [0.29, 0.717) is 19.0 Å². The van der Waals surface area contributed by atoms with Gasteiger partial charge in [-0.1, -0.05) is 29.8 Å². The molecule has 1 heterocycles. The molecule has 2 aromatic rings. The highest BCUT2D eigenvalue weighted by Crippen LogP contribution is 2.27. The van der Waals surface area contributed by atoms with Crippen molar-refractivity contribution < 1.29 is 22.7 Å². The highest BCUT2D eigenvalue weighted by molar-refractivity contribution is 7.89. The number of ether oxygens (including phenoxy) is 2.